The summed E-state index contributed by atoms with van der Waals surface area (Å²) < 4.78 is 54.4. The number of aliphatic hydroxyl groups excluding tert-OH is 5. The van der Waals surface area contributed by atoms with Crippen molar-refractivity contribution >= 4 is 11.9 Å². The molecule has 12 atom stereocenters. The lowest BCUT2D eigenvalue weighted by Crippen LogP contribution is -2.60. The summed E-state index contributed by atoms with van der Waals surface area (Å²) in [7, 11) is 0. The van der Waals surface area contributed by atoms with E-state index in [0.717, 1.165) is 12.5 Å². The second-order valence-electron chi connectivity index (χ2n) is 10.7. The van der Waals surface area contributed by atoms with E-state index < -0.39 is 80.1 Å². The summed E-state index contributed by atoms with van der Waals surface area (Å²) in [5.74, 6) is -1.51. The first kappa shape index (κ1) is 39.7. The summed E-state index contributed by atoms with van der Waals surface area (Å²) >= 11 is 0. The van der Waals surface area contributed by atoms with Gasteiger partial charge in [0.25, 0.3) is 0 Å². The van der Waals surface area contributed by atoms with Gasteiger partial charge in [0.05, 0.1) is 12.7 Å². The molecule has 2 saturated heterocycles. The summed E-state index contributed by atoms with van der Waals surface area (Å²) in [6, 6.07) is 9.65. The number of ether oxygens (including phenoxy) is 5. The molecule has 0 aliphatic carbocycles. The Bertz CT molecular complexity index is 973. The number of aliphatic hydroxyl groups is 5. The number of halogens is 2. The van der Waals surface area contributed by atoms with Gasteiger partial charge in [0, 0.05) is 39.9 Å². The van der Waals surface area contributed by atoms with Gasteiger partial charge in [-0.05, 0) is 17.4 Å². The number of benzene rings is 1. The molecular formula is C30H48F2O12. The van der Waals surface area contributed by atoms with Crippen LogP contribution < -0.4 is 0 Å². The molecule has 0 aromatic heterocycles. The maximum atomic E-state index is 14.3. The Morgan fingerprint density at radius 1 is 0.795 bits per heavy atom. The summed E-state index contributed by atoms with van der Waals surface area (Å²) in [5, 5.41) is 46.2. The molecule has 6 unspecified atom stereocenters. The van der Waals surface area contributed by atoms with E-state index >= 15 is 0 Å². The Morgan fingerprint density at radius 3 is 1.82 bits per heavy atom. The Balaban J connectivity index is 0.000000453. The summed E-state index contributed by atoms with van der Waals surface area (Å²) in [6.07, 6.45) is -13.7. The normalized spacial score (nSPS) is 33.1. The number of esters is 2. The van der Waals surface area contributed by atoms with Gasteiger partial charge in [0.15, 0.2) is 0 Å². The summed E-state index contributed by atoms with van der Waals surface area (Å²) in [6.45, 7) is 5.81. The first-order chi connectivity index (χ1) is 20.3. The number of alkyl halides is 2. The van der Waals surface area contributed by atoms with Crippen LogP contribution in [-0.2, 0) is 39.9 Å². The minimum absolute atomic E-state index is 0. The Hall–Kier alpha value is -2.30. The van der Waals surface area contributed by atoms with Crippen LogP contribution in [0.4, 0.5) is 8.78 Å². The second-order valence-corrected chi connectivity index (χ2v) is 10.7. The van der Waals surface area contributed by atoms with Gasteiger partial charge in [0.2, 0.25) is 12.6 Å². The second kappa shape index (κ2) is 19.3. The SMILES string of the molecule is C.CC(=O)OC1OC([C@@H](F)CCO)[C@@H](C)[C@H](C)C1OCc1ccccc1.CC(=O)OC1OC([C@@H](F)CCO)[C@@H](O)[C@H](O)C1O. The molecule has 254 valence electrons. The van der Waals surface area contributed by atoms with E-state index in [1.54, 1.807) is 0 Å². The molecule has 1 aromatic carbocycles. The molecule has 2 fully saturated rings. The van der Waals surface area contributed by atoms with E-state index in [1.165, 1.54) is 6.92 Å². The lowest BCUT2D eigenvalue weighted by atomic mass is 9.81. The average molecular weight is 639 g/mol. The summed E-state index contributed by atoms with van der Waals surface area (Å²) in [4.78, 5) is 22.2. The molecule has 0 saturated carbocycles. The van der Waals surface area contributed by atoms with Gasteiger partial charge in [-0.2, -0.15) is 0 Å². The van der Waals surface area contributed by atoms with Crippen LogP contribution in [0.5, 0.6) is 0 Å². The molecule has 0 bridgehead atoms. The van der Waals surface area contributed by atoms with Crippen molar-refractivity contribution in [2.75, 3.05) is 13.2 Å². The standard InChI is InChI=1S/C19H27FO5.C10H17FO7.CH4/c1-12-13(2)18(23-11-15-7-5-4-6-8-15)19(24-14(3)22)25-17(12)16(20)9-10-21;1-4(13)17-10-8(16)6(14)7(15)9(18-10)5(11)2-3-12;/h4-8,12-13,16-19,21H,9-11H2,1-3H3;5-10,12,14-16H,2-3H2,1H3;1H4/t12-,13-,16-,17?,18?,19?;5-,6-,7-,8?,9?,10?;/m00./s1. The first-order valence-corrected chi connectivity index (χ1v) is 14.2. The zero-order chi connectivity index (χ0) is 32.3. The van der Waals surface area contributed by atoms with Crippen LogP contribution in [0.15, 0.2) is 30.3 Å². The maximum absolute atomic E-state index is 14.3. The molecule has 14 heteroatoms. The first-order valence-electron chi connectivity index (χ1n) is 14.2. The summed E-state index contributed by atoms with van der Waals surface area (Å²) in [5.41, 5.74) is 0.995. The largest absolute Gasteiger partial charge is 0.433 e. The van der Waals surface area contributed by atoms with E-state index in [0.29, 0.717) is 6.61 Å². The topological polar surface area (TPSA) is 181 Å². The third-order valence-corrected chi connectivity index (χ3v) is 7.40. The fraction of sp³-hybridized carbons (Fsp3) is 0.733. The van der Waals surface area contributed by atoms with E-state index in [1.807, 2.05) is 44.2 Å². The molecule has 3 rings (SSSR count). The van der Waals surface area contributed by atoms with Crippen LogP contribution >= 0.6 is 0 Å². The van der Waals surface area contributed by atoms with Gasteiger partial charge in [-0.15, -0.1) is 0 Å². The van der Waals surface area contributed by atoms with Crippen LogP contribution in [0.2, 0.25) is 0 Å². The highest BCUT2D eigenvalue weighted by atomic mass is 19.1. The lowest BCUT2D eigenvalue weighted by molar-refractivity contribution is -0.297. The van der Waals surface area contributed by atoms with Crippen molar-refractivity contribution in [3.63, 3.8) is 0 Å². The Kier molecular flexibility index (Phi) is 17.4. The maximum Gasteiger partial charge on any atom is 0.305 e. The van der Waals surface area contributed by atoms with Crippen LogP contribution in [0.1, 0.15) is 53.5 Å². The molecule has 0 radical (unpaired) electrons. The highest BCUT2D eigenvalue weighted by Crippen LogP contribution is 2.36. The molecule has 2 heterocycles. The quantitative estimate of drug-likeness (QED) is 0.221. The number of hydrogen-bond donors (Lipinski definition) is 5. The zero-order valence-electron chi connectivity index (χ0n) is 24.7. The number of carbonyl (C=O) groups is 2. The van der Waals surface area contributed by atoms with E-state index in [4.69, 9.17) is 29.2 Å². The Morgan fingerprint density at radius 2 is 1.30 bits per heavy atom. The van der Waals surface area contributed by atoms with Crippen LogP contribution in [0.3, 0.4) is 0 Å². The van der Waals surface area contributed by atoms with Gasteiger partial charge in [0.1, 0.15) is 42.9 Å². The van der Waals surface area contributed by atoms with Crippen LogP contribution in [-0.4, -0.2) is 112 Å². The minimum atomic E-state index is -1.76. The lowest BCUT2D eigenvalue weighted by Gasteiger charge is -2.44. The number of carbonyl (C=O) groups excluding carboxylic acids is 2. The van der Waals surface area contributed by atoms with Crippen molar-refractivity contribution in [1.82, 2.24) is 0 Å². The highest BCUT2D eigenvalue weighted by Gasteiger charge is 2.48. The fourth-order valence-electron chi connectivity index (χ4n) is 4.88. The molecule has 5 N–H and O–H groups in total. The molecular weight excluding hydrogens is 590 g/mol. The number of rotatable bonds is 11. The average Bonchev–Trinajstić information content (AvgIpc) is 2.95. The van der Waals surface area contributed by atoms with Crippen molar-refractivity contribution in [2.45, 2.75) is 116 Å². The fourth-order valence-corrected chi connectivity index (χ4v) is 4.88. The molecule has 12 nitrogen and oxygen atoms in total. The third-order valence-electron chi connectivity index (χ3n) is 7.40. The predicted octanol–water partition coefficient (Wildman–Crippen LogP) is 1.57. The minimum Gasteiger partial charge on any atom is -0.433 e. The molecule has 2 aliphatic heterocycles. The van der Waals surface area contributed by atoms with Crippen molar-refractivity contribution in [1.29, 1.82) is 0 Å². The van der Waals surface area contributed by atoms with E-state index in [2.05, 4.69) is 4.74 Å². The molecule has 44 heavy (non-hydrogen) atoms. The van der Waals surface area contributed by atoms with Gasteiger partial charge in [-0.1, -0.05) is 51.6 Å². The van der Waals surface area contributed by atoms with Crippen molar-refractivity contribution in [3.8, 4) is 0 Å². The van der Waals surface area contributed by atoms with Crippen molar-refractivity contribution < 1.29 is 67.6 Å². The highest BCUT2D eigenvalue weighted by molar-refractivity contribution is 5.66. The predicted molar refractivity (Wildman–Crippen MR) is 152 cm³/mol. The van der Waals surface area contributed by atoms with Gasteiger partial charge >= 0.3 is 11.9 Å². The van der Waals surface area contributed by atoms with Crippen LogP contribution in [0.25, 0.3) is 0 Å². The van der Waals surface area contributed by atoms with Gasteiger partial charge in [-0.25, -0.2) is 8.78 Å². The van der Waals surface area contributed by atoms with Gasteiger partial charge in [-0.3, -0.25) is 9.59 Å². The van der Waals surface area contributed by atoms with Gasteiger partial charge < -0.3 is 49.2 Å². The number of hydrogen-bond acceptors (Lipinski definition) is 12. The zero-order valence-corrected chi connectivity index (χ0v) is 24.7. The smallest absolute Gasteiger partial charge is 0.305 e. The van der Waals surface area contributed by atoms with Crippen LogP contribution in [0, 0.1) is 11.8 Å². The third kappa shape index (κ3) is 11.2. The molecule has 0 spiro atoms. The van der Waals surface area contributed by atoms with E-state index in [9.17, 15) is 33.7 Å². The van der Waals surface area contributed by atoms with Crippen molar-refractivity contribution in [2.24, 2.45) is 11.8 Å². The molecule has 2 aliphatic rings. The van der Waals surface area contributed by atoms with Crippen molar-refractivity contribution in [3.05, 3.63) is 35.9 Å². The Labute approximate surface area is 256 Å². The molecule has 0 amide bonds. The van der Waals surface area contributed by atoms with E-state index in [-0.39, 0.29) is 38.7 Å². The molecule has 1 aromatic rings. The monoisotopic (exact) mass is 638 g/mol.